The van der Waals surface area contributed by atoms with Gasteiger partial charge in [0.05, 0.1) is 5.92 Å². The van der Waals surface area contributed by atoms with Crippen molar-refractivity contribution in [3.05, 3.63) is 11.6 Å². The van der Waals surface area contributed by atoms with Gasteiger partial charge in [-0.2, -0.15) is 0 Å². The van der Waals surface area contributed by atoms with E-state index < -0.39 is 0 Å². The summed E-state index contributed by atoms with van der Waals surface area (Å²) in [6.07, 6.45) is 3.79. The Morgan fingerprint density at radius 3 is 2.85 bits per heavy atom. The molecule has 3 aliphatic heterocycles. The molecule has 9 heteroatoms. The molecule has 4 heterocycles. The van der Waals surface area contributed by atoms with Crippen LogP contribution in [0, 0.1) is 5.92 Å². The molecule has 3 amide bonds. The summed E-state index contributed by atoms with van der Waals surface area (Å²) in [5.41, 5.74) is 0. The van der Waals surface area contributed by atoms with E-state index in [2.05, 4.69) is 15.2 Å². The van der Waals surface area contributed by atoms with Crippen molar-refractivity contribution in [1.29, 1.82) is 0 Å². The van der Waals surface area contributed by atoms with E-state index in [-0.39, 0.29) is 36.2 Å². The number of thiazole rings is 1. The molecule has 0 aromatic carbocycles. The summed E-state index contributed by atoms with van der Waals surface area (Å²) < 4.78 is 0. The lowest BCUT2D eigenvalue weighted by molar-refractivity contribution is -0.145. The summed E-state index contributed by atoms with van der Waals surface area (Å²) in [5, 5.41) is 5.21. The Kier molecular flexibility index (Phi) is 5.87. The van der Waals surface area contributed by atoms with Crippen LogP contribution in [0.3, 0.4) is 0 Å². The zero-order valence-corrected chi connectivity index (χ0v) is 16.0. The van der Waals surface area contributed by atoms with E-state index in [0.717, 1.165) is 12.8 Å². The summed E-state index contributed by atoms with van der Waals surface area (Å²) in [4.78, 5) is 46.3. The van der Waals surface area contributed by atoms with Crippen molar-refractivity contribution < 1.29 is 14.4 Å². The smallest absolute Gasteiger partial charge is 0.241 e. The number of anilines is 1. The number of hydrogen-bond donors (Lipinski definition) is 1. The van der Waals surface area contributed by atoms with E-state index in [1.807, 2.05) is 5.38 Å². The molecule has 8 nitrogen and oxygen atoms in total. The second-order valence-corrected chi connectivity index (χ2v) is 7.97. The van der Waals surface area contributed by atoms with Crippen molar-refractivity contribution in [2.45, 2.75) is 25.3 Å². The number of likely N-dealkylation sites (N-methyl/N-ethyl adjacent to an activating group) is 1. The lowest BCUT2D eigenvalue weighted by Crippen LogP contribution is -2.51. The molecule has 1 N–H and O–H groups in total. The maximum atomic E-state index is 12.7. The topological polar surface area (TPSA) is 85.9 Å². The van der Waals surface area contributed by atoms with Crippen LogP contribution >= 0.6 is 11.3 Å². The molecule has 1 aromatic rings. The van der Waals surface area contributed by atoms with Gasteiger partial charge in [0.25, 0.3) is 0 Å². The zero-order valence-electron chi connectivity index (χ0n) is 15.2. The lowest BCUT2D eigenvalue weighted by Gasteiger charge is -2.36. The van der Waals surface area contributed by atoms with Gasteiger partial charge in [0.1, 0.15) is 6.54 Å². The molecule has 26 heavy (non-hydrogen) atoms. The molecule has 3 fully saturated rings. The third kappa shape index (κ3) is 4.39. The molecule has 0 radical (unpaired) electrons. The Morgan fingerprint density at radius 2 is 2.15 bits per heavy atom. The maximum Gasteiger partial charge on any atom is 0.241 e. The lowest BCUT2D eigenvalue weighted by atomic mass is 9.94. The van der Waals surface area contributed by atoms with Crippen LogP contribution in [-0.2, 0) is 14.4 Å². The Labute approximate surface area is 157 Å². The average molecular weight is 379 g/mol. The molecule has 3 saturated heterocycles. The van der Waals surface area contributed by atoms with Gasteiger partial charge in [0, 0.05) is 57.8 Å². The minimum Gasteiger partial charge on any atom is -0.347 e. The molecule has 1 aromatic heterocycles. The largest absolute Gasteiger partial charge is 0.347 e. The first-order chi connectivity index (χ1) is 12.4. The van der Waals surface area contributed by atoms with Crippen LogP contribution in [0.4, 0.5) is 5.13 Å². The highest BCUT2D eigenvalue weighted by Gasteiger charge is 2.41. The second-order valence-electron chi connectivity index (χ2n) is 7.08. The van der Waals surface area contributed by atoms with E-state index in [4.69, 9.17) is 0 Å². The van der Waals surface area contributed by atoms with Crippen LogP contribution < -0.4 is 5.32 Å². The normalized spacial score (nSPS) is 23.0. The monoisotopic (exact) mass is 379 g/mol. The fourth-order valence-electron chi connectivity index (χ4n) is 3.53. The van der Waals surface area contributed by atoms with E-state index in [1.165, 1.54) is 16.2 Å². The Hall–Kier alpha value is -2.00. The predicted molar refractivity (Wildman–Crippen MR) is 98.7 cm³/mol. The van der Waals surface area contributed by atoms with Gasteiger partial charge in [-0.25, -0.2) is 4.98 Å². The number of aromatic nitrogens is 1. The van der Waals surface area contributed by atoms with Gasteiger partial charge in [-0.3, -0.25) is 19.3 Å². The number of rotatable bonds is 6. The van der Waals surface area contributed by atoms with Gasteiger partial charge >= 0.3 is 0 Å². The summed E-state index contributed by atoms with van der Waals surface area (Å²) in [5.74, 6) is -0.125. The number of piperidine rings is 1. The fraction of sp³-hybridized carbons (Fsp3) is 0.647. The first-order valence-electron chi connectivity index (χ1n) is 8.86. The van der Waals surface area contributed by atoms with Crippen molar-refractivity contribution in [2.24, 2.45) is 5.92 Å². The summed E-state index contributed by atoms with van der Waals surface area (Å²) in [7, 11) is 3.41. The SMILES string of the molecule is CN(C)C(=O)CN1C(=O)[C@@H]2CC[C@H]1CN(CCC(=O)Nc1nccs1)C2. The number of carbonyl (C=O) groups is 3. The van der Waals surface area contributed by atoms with E-state index in [9.17, 15) is 14.4 Å². The third-order valence-corrected chi connectivity index (χ3v) is 5.70. The van der Waals surface area contributed by atoms with E-state index in [0.29, 0.717) is 31.2 Å². The number of fused-ring (bicyclic) bond motifs is 4. The van der Waals surface area contributed by atoms with Crippen LogP contribution in [0.5, 0.6) is 0 Å². The molecular formula is C17H25N5O3S. The van der Waals surface area contributed by atoms with Gasteiger partial charge in [0.15, 0.2) is 5.13 Å². The molecule has 0 unspecified atom stereocenters. The molecule has 0 aliphatic carbocycles. The quantitative estimate of drug-likeness (QED) is 0.777. The number of hydrogen-bond acceptors (Lipinski definition) is 6. The standard InChI is InChI=1S/C17H25N5O3S/c1-20(2)15(24)11-22-13-4-3-12(16(22)25)9-21(10-13)7-5-14(23)19-17-18-6-8-26-17/h6,8,12-13H,3-5,7,9-11H2,1-2H3,(H,18,19,23)/t12-,13+/m1/s1. The van der Waals surface area contributed by atoms with Gasteiger partial charge in [-0.1, -0.05) is 0 Å². The van der Waals surface area contributed by atoms with Crippen LogP contribution in [-0.4, -0.2) is 83.7 Å². The van der Waals surface area contributed by atoms with Gasteiger partial charge < -0.3 is 15.1 Å². The van der Waals surface area contributed by atoms with Crippen molar-refractivity contribution in [2.75, 3.05) is 45.6 Å². The van der Waals surface area contributed by atoms with Crippen LogP contribution in [0.25, 0.3) is 0 Å². The van der Waals surface area contributed by atoms with Crippen molar-refractivity contribution in [1.82, 2.24) is 19.7 Å². The summed E-state index contributed by atoms with van der Waals surface area (Å²) in [6.45, 7) is 2.12. The fourth-order valence-corrected chi connectivity index (χ4v) is 4.08. The maximum absolute atomic E-state index is 12.7. The predicted octanol–water partition coefficient (Wildman–Crippen LogP) is 0.483. The van der Waals surface area contributed by atoms with Crippen molar-refractivity contribution in [3.63, 3.8) is 0 Å². The van der Waals surface area contributed by atoms with E-state index >= 15 is 0 Å². The molecular weight excluding hydrogens is 354 g/mol. The minimum atomic E-state index is -0.0780. The van der Waals surface area contributed by atoms with Gasteiger partial charge in [-0.15, -0.1) is 11.3 Å². The van der Waals surface area contributed by atoms with Crippen LogP contribution in [0.1, 0.15) is 19.3 Å². The second kappa shape index (κ2) is 8.13. The van der Waals surface area contributed by atoms with E-state index in [1.54, 1.807) is 25.2 Å². The zero-order chi connectivity index (χ0) is 18.7. The number of amides is 3. The molecule has 0 saturated carbocycles. The Morgan fingerprint density at radius 1 is 1.35 bits per heavy atom. The molecule has 0 spiro atoms. The molecule has 2 bridgehead atoms. The number of carbonyl (C=O) groups excluding carboxylic acids is 3. The van der Waals surface area contributed by atoms with Crippen LogP contribution in [0.2, 0.25) is 0 Å². The highest BCUT2D eigenvalue weighted by Crippen LogP contribution is 2.29. The molecule has 142 valence electrons. The Bertz CT molecular complexity index is 663. The third-order valence-electron chi connectivity index (χ3n) is 5.01. The summed E-state index contributed by atoms with van der Waals surface area (Å²) in [6, 6.07) is 0.0483. The average Bonchev–Trinajstić information content (AvgIpc) is 2.96. The van der Waals surface area contributed by atoms with Crippen molar-refractivity contribution >= 4 is 34.2 Å². The molecule has 3 aliphatic rings. The first kappa shape index (κ1) is 18.8. The highest BCUT2D eigenvalue weighted by atomic mass is 32.1. The minimum absolute atomic E-state index is 0.0483. The number of nitrogens with zero attached hydrogens (tertiary/aromatic N) is 4. The van der Waals surface area contributed by atoms with Crippen LogP contribution in [0.15, 0.2) is 11.6 Å². The Balaban J connectivity index is 1.56. The highest BCUT2D eigenvalue weighted by molar-refractivity contribution is 7.13. The molecule has 4 rings (SSSR count). The number of nitrogens with one attached hydrogen (secondary N) is 1. The molecule has 2 atom stereocenters. The van der Waals surface area contributed by atoms with Crippen molar-refractivity contribution in [3.8, 4) is 0 Å². The summed E-state index contributed by atoms with van der Waals surface area (Å²) >= 11 is 1.39. The first-order valence-corrected chi connectivity index (χ1v) is 9.74. The van der Waals surface area contributed by atoms with Gasteiger partial charge in [0.2, 0.25) is 17.7 Å². The van der Waals surface area contributed by atoms with Gasteiger partial charge in [-0.05, 0) is 12.8 Å².